The number of esters is 4. The van der Waals surface area contributed by atoms with Crippen LogP contribution in [0, 0.1) is 0 Å². The van der Waals surface area contributed by atoms with Crippen LogP contribution in [0.5, 0.6) is 23.0 Å². The van der Waals surface area contributed by atoms with E-state index in [4.69, 9.17) is 71.1 Å². The molecule has 15 N–H and O–H groups in total. The predicted molar refractivity (Wildman–Crippen MR) is 301 cm³/mol. The third kappa shape index (κ3) is 16.7. The maximum Gasteiger partial charge on any atom is 0.338 e. The molecule has 0 aromatic heterocycles. The number of carbonyl (C=O) groups excluding carboxylic acids is 4. The van der Waals surface area contributed by atoms with Crippen molar-refractivity contribution >= 4 is 36.0 Å². The summed E-state index contributed by atoms with van der Waals surface area (Å²) in [7, 11) is 2.52. The van der Waals surface area contributed by atoms with Gasteiger partial charge in [0, 0.05) is 19.1 Å². The molecule has 0 amide bonds. The van der Waals surface area contributed by atoms with Crippen LogP contribution >= 0.6 is 0 Å². The van der Waals surface area contributed by atoms with E-state index in [0.717, 1.165) is 19.1 Å². The zero-order valence-corrected chi connectivity index (χ0v) is 49.6. The lowest BCUT2D eigenvalue weighted by molar-refractivity contribution is -0.423. The fourth-order valence-corrected chi connectivity index (χ4v) is 10.6. The SMILES string of the molecule is COc1cc(/C=C/C(=O)OC[C@@]2(O[C@H]3O[C@H](CO)[C@@H](OC(=O)/C=C/c4ccc(O)c(OC)c4)[C@H](O[C@H]4O[C@H](COC(C)=O)[C@@H](O[C@@H]5O[C@H](CO)[C@@H](O)[C@H](O)[C@H]5O)[C@H](O)[C@H]4O)[C@H]3O[C@@H]3O[C@H](CO)[C@@H](O)[C@H](O)[C@H]3O)O[C@H](CO)[C@@H](O)[C@@H]2OC(=O)c2ccccc2)ccc1O. The van der Waals surface area contributed by atoms with Gasteiger partial charge in [-0.25, -0.2) is 14.4 Å². The Kier molecular flexibility index (Phi) is 25.0. The summed E-state index contributed by atoms with van der Waals surface area (Å²) in [6.45, 7) is -5.60. The fourth-order valence-electron chi connectivity index (χ4n) is 10.6. The normalized spacial score (nSPS) is 36.3. The zero-order chi connectivity index (χ0) is 67.6. The summed E-state index contributed by atoms with van der Waals surface area (Å²) in [5, 5.41) is 164. The number of benzene rings is 3. The number of ether oxygens (including phenoxy) is 15. The van der Waals surface area contributed by atoms with Crippen LogP contribution in [-0.2, 0) is 76.0 Å². The van der Waals surface area contributed by atoms with Crippen molar-refractivity contribution < 1.29 is 167 Å². The Hall–Kier alpha value is -6.66. The molecule has 0 saturated carbocycles. The Bertz CT molecular complexity index is 3020. The van der Waals surface area contributed by atoms with Gasteiger partial charge in [-0.05, 0) is 59.7 Å². The molecule has 5 fully saturated rings. The summed E-state index contributed by atoms with van der Waals surface area (Å²) in [6.07, 6.45) is -45.1. The largest absolute Gasteiger partial charge is 0.504 e. The van der Waals surface area contributed by atoms with Crippen LogP contribution in [0.2, 0.25) is 0 Å². The second kappa shape index (κ2) is 32.2. The van der Waals surface area contributed by atoms with Gasteiger partial charge >= 0.3 is 23.9 Å². The van der Waals surface area contributed by atoms with E-state index in [1.165, 1.54) is 87.0 Å². The molecular formula is C59H74O34. The Labute approximate surface area is 527 Å². The molecule has 3 aromatic rings. The first-order valence-corrected chi connectivity index (χ1v) is 28.8. The number of methoxy groups -OCH3 is 2. The Morgan fingerprint density at radius 1 is 0.495 bits per heavy atom. The average Bonchev–Trinajstić information content (AvgIpc) is 1.74. The molecule has 3 aromatic carbocycles. The highest BCUT2D eigenvalue weighted by molar-refractivity contribution is 5.90. The molecule has 5 aliphatic heterocycles. The number of phenols is 2. The molecule has 34 nitrogen and oxygen atoms in total. The Balaban J connectivity index is 1.26. The van der Waals surface area contributed by atoms with E-state index >= 15 is 0 Å². The topological polar surface area (TPSA) is 510 Å². The standard InChI is InChI=1S/C59H74O34/c1-25(64)81-23-37-49(88-55-46(75)43(72)40(69)33(19-60)83-55)45(74)48(77)57(86-37)89-51-50(87-39(68)16-12-27-10-14-30(66)32(18-27)80-3)36(22-63)85-58(52(51)90-56-47(76)44(73)41(70)34(20-61)84-56)93-59(24-82-38(67)15-11-26-9-13-29(65)31(17-26)79-2)53(42(71)35(21-62)92-59)91-54(78)28-7-5-4-6-8-28/h4-18,33-37,40-53,55-58,60-63,65-66,69-77H,19-24H2,1-3H3/b15-11+,16-12+/t33-,34-,35-,36-,37-,40-,41-,42-,43+,44+,45-,46-,47-,48-,49-,50-,51+,52-,53+,55+,56+,57-,58-,59+/m1/s1. The predicted octanol–water partition coefficient (Wildman–Crippen LogP) is -5.53. The van der Waals surface area contributed by atoms with Crippen LogP contribution in [0.15, 0.2) is 78.9 Å². The highest BCUT2D eigenvalue weighted by Gasteiger charge is 2.64. The average molecular weight is 1330 g/mol. The van der Waals surface area contributed by atoms with Crippen molar-refractivity contribution in [2.75, 3.05) is 53.9 Å². The number of aliphatic hydroxyl groups excluding tert-OH is 13. The van der Waals surface area contributed by atoms with E-state index in [1.54, 1.807) is 6.07 Å². The van der Waals surface area contributed by atoms with E-state index < -0.39 is 210 Å². The smallest absolute Gasteiger partial charge is 0.338 e. The van der Waals surface area contributed by atoms with E-state index in [2.05, 4.69) is 0 Å². The Morgan fingerprint density at radius 2 is 0.978 bits per heavy atom. The quantitative estimate of drug-likeness (QED) is 0.0214. The van der Waals surface area contributed by atoms with Gasteiger partial charge in [0.2, 0.25) is 5.79 Å². The van der Waals surface area contributed by atoms with E-state index in [1.807, 2.05) is 0 Å². The van der Waals surface area contributed by atoms with Crippen molar-refractivity contribution in [1.29, 1.82) is 0 Å². The number of carbonyl (C=O) groups is 4. The van der Waals surface area contributed by atoms with Gasteiger partial charge in [0.05, 0.1) is 46.2 Å². The maximum atomic E-state index is 14.2. The summed E-state index contributed by atoms with van der Waals surface area (Å²) in [5.74, 6) is -8.24. The van der Waals surface area contributed by atoms with Gasteiger partial charge in [0.1, 0.15) is 117 Å². The minimum atomic E-state index is -2.99. The second-order valence-corrected chi connectivity index (χ2v) is 21.7. The number of hydrogen-bond acceptors (Lipinski definition) is 34. The fraction of sp³-hybridized carbons (Fsp3) is 0.559. The van der Waals surface area contributed by atoms with Crippen LogP contribution in [-0.4, -0.2) is 301 Å². The molecular weight excluding hydrogens is 1250 g/mol. The Morgan fingerprint density at radius 3 is 1.49 bits per heavy atom. The number of hydrogen-bond donors (Lipinski definition) is 15. The van der Waals surface area contributed by atoms with Gasteiger partial charge in [-0.1, -0.05) is 30.3 Å². The summed E-state index contributed by atoms with van der Waals surface area (Å²) >= 11 is 0. The first kappa shape index (κ1) is 72.2. The van der Waals surface area contributed by atoms with Gasteiger partial charge in [-0.2, -0.15) is 0 Å². The molecule has 0 unspecified atom stereocenters. The van der Waals surface area contributed by atoms with Crippen LogP contribution in [0.1, 0.15) is 28.4 Å². The van der Waals surface area contributed by atoms with Crippen molar-refractivity contribution in [3.8, 4) is 23.0 Å². The first-order valence-electron chi connectivity index (χ1n) is 28.8. The monoisotopic (exact) mass is 1330 g/mol. The van der Waals surface area contributed by atoms with Crippen molar-refractivity contribution in [3.05, 3.63) is 95.6 Å². The molecule has 8 rings (SSSR count). The van der Waals surface area contributed by atoms with Gasteiger partial charge in [-0.3, -0.25) is 4.79 Å². The molecule has 0 spiro atoms. The summed E-state index contributed by atoms with van der Waals surface area (Å²) < 4.78 is 88.1. The molecule has 5 heterocycles. The van der Waals surface area contributed by atoms with E-state index in [-0.39, 0.29) is 39.7 Å². The van der Waals surface area contributed by atoms with E-state index in [9.17, 15) is 95.8 Å². The van der Waals surface area contributed by atoms with Gasteiger partial charge in [-0.15, -0.1) is 0 Å². The molecule has 0 radical (unpaired) electrons. The lowest BCUT2D eigenvalue weighted by Gasteiger charge is -2.51. The summed E-state index contributed by atoms with van der Waals surface area (Å²) in [4.78, 5) is 54.5. The van der Waals surface area contributed by atoms with Crippen LogP contribution in [0.25, 0.3) is 12.2 Å². The third-order valence-electron chi connectivity index (χ3n) is 15.5. The van der Waals surface area contributed by atoms with Crippen LogP contribution < -0.4 is 9.47 Å². The van der Waals surface area contributed by atoms with Crippen molar-refractivity contribution in [2.24, 2.45) is 0 Å². The van der Waals surface area contributed by atoms with E-state index in [0.29, 0.717) is 0 Å². The molecule has 514 valence electrons. The maximum absolute atomic E-state index is 14.2. The highest BCUT2D eigenvalue weighted by atomic mass is 16.8. The summed E-state index contributed by atoms with van der Waals surface area (Å²) in [5.41, 5.74) is 0.355. The van der Waals surface area contributed by atoms with Gasteiger partial charge < -0.3 is 148 Å². The van der Waals surface area contributed by atoms with Gasteiger partial charge in [0.15, 0.2) is 60.4 Å². The first-order chi connectivity index (χ1) is 44.4. The number of phenolic OH excluding ortho intramolecular Hbond substituents is 2. The van der Waals surface area contributed by atoms with Gasteiger partial charge in [0.25, 0.3) is 0 Å². The molecule has 0 bridgehead atoms. The number of aromatic hydroxyl groups is 2. The number of rotatable bonds is 25. The molecule has 93 heavy (non-hydrogen) atoms. The molecule has 24 atom stereocenters. The van der Waals surface area contributed by atoms with Crippen molar-refractivity contribution in [1.82, 2.24) is 0 Å². The second-order valence-electron chi connectivity index (χ2n) is 21.7. The molecule has 5 saturated heterocycles. The minimum absolute atomic E-state index is 0.0111. The molecule has 34 heteroatoms. The summed E-state index contributed by atoms with van der Waals surface area (Å²) in [6, 6.07) is 15.0. The minimum Gasteiger partial charge on any atom is -0.504 e. The number of aliphatic hydroxyl groups is 13. The molecule has 0 aliphatic carbocycles. The van der Waals surface area contributed by atoms with Crippen molar-refractivity contribution in [3.63, 3.8) is 0 Å². The lowest BCUT2D eigenvalue weighted by Crippen LogP contribution is -2.69. The highest BCUT2D eigenvalue weighted by Crippen LogP contribution is 2.43. The molecule has 5 aliphatic rings. The van der Waals surface area contributed by atoms with Crippen molar-refractivity contribution in [2.45, 2.75) is 154 Å². The lowest BCUT2D eigenvalue weighted by atomic mass is 9.95. The zero-order valence-electron chi connectivity index (χ0n) is 49.6. The van der Waals surface area contributed by atoms with Crippen LogP contribution in [0.4, 0.5) is 0 Å². The third-order valence-corrected chi connectivity index (χ3v) is 15.5. The van der Waals surface area contributed by atoms with Crippen LogP contribution in [0.3, 0.4) is 0 Å².